The molecule has 1 aliphatic rings. The molecule has 82 valence electrons. The topological polar surface area (TPSA) is 18.5 Å². The van der Waals surface area contributed by atoms with Crippen LogP contribution in [-0.2, 0) is 6.42 Å². The van der Waals surface area contributed by atoms with Crippen molar-refractivity contribution in [3.8, 4) is 11.5 Å². The zero-order valence-corrected chi connectivity index (χ0v) is 11.0. The molecule has 0 N–H and O–H groups in total. The molecule has 4 heteroatoms. The Hall–Kier alpha value is -0.410. The minimum absolute atomic E-state index is 0.379. The molecule has 15 heavy (non-hydrogen) atoms. The second-order valence-electron chi connectivity index (χ2n) is 3.50. The van der Waals surface area contributed by atoms with Crippen LogP contribution in [0.3, 0.4) is 0 Å². The van der Waals surface area contributed by atoms with Crippen molar-refractivity contribution in [3.05, 3.63) is 22.2 Å². The third-order valence-electron chi connectivity index (χ3n) is 2.73. The van der Waals surface area contributed by atoms with Crippen LogP contribution in [0.5, 0.6) is 11.5 Å². The van der Waals surface area contributed by atoms with E-state index < -0.39 is 0 Å². The van der Waals surface area contributed by atoms with Crippen molar-refractivity contribution in [1.29, 1.82) is 0 Å². The van der Waals surface area contributed by atoms with Crippen LogP contribution < -0.4 is 9.47 Å². The Labute approximate surface area is 103 Å². The van der Waals surface area contributed by atoms with E-state index in [9.17, 15) is 0 Å². The Balaban J connectivity index is 2.61. The molecule has 0 heterocycles. The molecule has 1 aliphatic carbocycles. The molecule has 0 spiro atoms. The van der Waals surface area contributed by atoms with E-state index in [1.165, 1.54) is 11.1 Å². The standard InChI is InChI=1S/C11H12BrClO2/c1-14-9-5-7-6(3-4-8(7)12)10(13)11(9)15-2/h5,8H,3-4H2,1-2H3. The third kappa shape index (κ3) is 1.72. The Morgan fingerprint density at radius 3 is 2.73 bits per heavy atom. The summed E-state index contributed by atoms with van der Waals surface area (Å²) >= 11 is 9.90. The summed E-state index contributed by atoms with van der Waals surface area (Å²) in [6, 6.07) is 2.01. The highest BCUT2D eigenvalue weighted by molar-refractivity contribution is 9.09. The maximum atomic E-state index is 6.28. The molecule has 2 nitrogen and oxygen atoms in total. The number of alkyl halides is 1. The predicted octanol–water partition coefficient (Wildman–Crippen LogP) is 3.74. The minimum Gasteiger partial charge on any atom is -0.493 e. The molecular weight excluding hydrogens is 279 g/mol. The zero-order valence-electron chi connectivity index (χ0n) is 8.64. The first kappa shape index (κ1) is 11.1. The molecule has 1 aromatic rings. The van der Waals surface area contributed by atoms with Crippen molar-refractivity contribution < 1.29 is 9.47 Å². The van der Waals surface area contributed by atoms with E-state index in [0.717, 1.165) is 12.8 Å². The van der Waals surface area contributed by atoms with Gasteiger partial charge in [-0.15, -0.1) is 0 Å². The number of hydrogen-bond donors (Lipinski definition) is 0. The molecule has 0 radical (unpaired) electrons. The first-order valence-corrected chi connectivity index (χ1v) is 6.05. The Morgan fingerprint density at radius 1 is 1.40 bits per heavy atom. The average molecular weight is 292 g/mol. The molecule has 0 saturated heterocycles. The van der Waals surface area contributed by atoms with E-state index in [1.54, 1.807) is 14.2 Å². The maximum absolute atomic E-state index is 6.28. The van der Waals surface area contributed by atoms with Crippen molar-refractivity contribution in [1.82, 2.24) is 0 Å². The van der Waals surface area contributed by atoms with Gasteiger partial charge in [0.2, 0.25) is 0 Å². The zero-order chi connectivity index (χ0) is 11.0. The van der Waals surface area contributed by atoms with Gasteiger partial charge in [0.1, 0.15) is 0 Å². The van der Waals surface area contributed by atoms with E-state index in [2.05, 4.69) is 15.9 Å². The van der Waals surface area contributed by atoms with Crippen LogP contribution in [0.1, 0.15) is 22.4 Å². The van der Waals surface area contributed by atoms with Gasteiger partial charge in [0.05, 0.1) is 19.2 Å². The molecule has 0 fully saturated rings. The number of methoxy groups -OCH3 is 2. The van der Waals surface area contributed by atoms with E-state index >= 15 is 0 Å². The molecule has 2 rings (SSSR count). The lowest BCUT2D eigenvalue weighted by Crippen LogP contribution is -1.95. The van der Waals surface area contributed by atoms with Crippen molar-refractivity contribution in [3.63, 3.8) is 0 Å². The summed E-state index contributed by atoms with van der Waals surface area (Å²) in [5, 5.41) is 0.689. The highest BCUT2D eigenvalue weighted by Gasteiger charge is 2.26. The van der Waals surface area contributed by atoms with E-state index in [0.29, 0.717) is 21.3 Å². The van der Waals surface area contributed by atoms with Gasteiger partial charge >= 0.3 is 0 Å². The maximum Gasteiger partial charge on any atom is 0.179 e. The number of ether oxygens (including phenoxy) is 2. The molecule has 1 unspecified atom stereocenters. The quantitative estimate of drug-likeness (QED) is 0.773. The number of halogens is 2. The van der Waals surface area contributed by atoms with Crippen LogP contribution in [0.25, 0.3) is 0 Å². The van der Waals surface area contributed by atoms with Gasteiger partial charge < -0.3 is 9.47 Å². The Bertz CT molecular complexity index is 389. The molecule has 0 saturated carbocycles. The fourth-order valence-electron chi connectivity index (χ4n) is 1.97. The highest BCUT2D eigenvalue weighted by Crippen LogP contribution is 2.48. The molecule has 0 amide bonds. The number of fused-ring (bicyclic) bond motifs is 1. The smallest absolute Gasteiger partial charge is 0.179 e. The molecule has 1 aromatic carbocycles. The molecular formula is C11H12BrClO2. The van der Waals surface area contributed by atoms with E-state index in [1.807, 2.05) is 6.07 Å². The number of hydrogen-bond acceptors (Lipinski definition) is 2. The van der Waals surface area contributed by atoms with E-state index in [4.69, 9.17) is 21.1 Å². The second kappa shape index (κ2) is 4.22. The molecule has 0 bridgehead atoms. The largest absolute Gasteiger partial charge is 0.493 e. The van der Waals surface area contributed by atoms with Crippen LogP contribution in [0.2, 0.25) is 5.02 Å². The second-order valence-corrected chi connectivity index (χ2v) is 4.98. The molecule has 1 atom stereocenters. The van der Waals surface area contributed by atoms with Crippen molar-refractivity contribution in [2.75, 3.05) is 14.2 Å². The summed E-state index contributed by atoms with van der Waals surface area (Å²) in [7, 11) is 3.23. The van der Waals surface area contributed by atoms with Crippen LogP contribution in [0, 0.1) is 0 Å². The van der Waals surface area contributed by atoms with Crippen molar-refractivity contribution in [2.24, 2.45) is 0 Å². The third-order valence-corrected chi connectivity index (χ3v) is 4.08. The summed E-state index contributed by atoms with van der Waals surface area (Å²) in [6.07, 6.45) is 2.07. The SMILES string of the molecule is COc1cc2c(c(Cl)c1OC)CCC2Br. The first-order chi connectivity index (χ1) is 7.19. The summed E-state index contributed by atoms with van der Waals surface area (Å²) in [6.45, 7) is 0. The Morgan fingerprint density at radius 2 is 2.13 bits per heavy atom. The molecule has 0 aliphatic heterocycles. The van der Waals surface area contributed by atoms with Gasteiger partial charge in [-0.3, -0.25) is 0 Å². The normalized spacial score (nSPS) is 18.8. The fraction of sp³-hybridized carbons (Fsp3) is 0.455. The number of rotatable bonds is 2. The summed E-state index contributed by atoms with van der Waals surface area (Å²) in [4.78, 5) is 0.379. The minimum atomic E-state index is 0.379. The summed E-state index contributed by atoms with van der Waals surface area (Å²) < 4.78 is 10.5. The van der Waals surface area contributed by atoms with Gasteiger partial charge in [0, 0.05) is 4.83 Å². The highest BCUT2D eigenvalue weighted by atomic mass is 79.9. The summed E-state index contributed by atoms with van der Waals surface area (Å²) in [5.74, 6) is 1.34. The van der Waals surface area contributed by atoms with Crippen molar-refractivity contribution >= 4 is 27.5 Å². The van der Waals surface area contributed by atoms with Gasteiger partial charge in [-0.05, 0) is 30.0 Å². The lowest BCUT2D eigenvalue weighted by atomic mass is 10.1. The number of benzene rings is 1. The Kier molecular flexibility index (Phi) is 3.12. The van der Waals surface area contributed by atoms with Gasteiger partial charge in [0.25, 0.3) is 0 Å². The lowest BCUT2D eigenvalue weighted by Gasteiger charge is -2.13. The van der Waals surface area contributed by atoms with Crippen LogP contribution in [0.4, 0.5) is 0 Å². The van der Waals surface area contributed by atoms with Gasteiger partial charge in [0.15, 0.2) is 11.5 Å². The van der Waals surface area contributed by atoms with Crippen LogP contribution in [0.15, 0.2) is 6.07 Å². The van der Waals surface area contributed by atoms with Crippen LogP contribution >= 0.6 is 27.5 Å². The van der Waals surface area contributed by atoms with Gasteiger partial charge in [-0.2, -0.15) is 0 Å². The fourth-order valence-corrected chi connectivity index (χ4v) is 2.98. The first-order valence-electron chi connectivity index (χ1n) is 4.76. The van der Waals surface area contributed by atoms with E-state index in [-0.39, 0.29) is 0 Å². The van der Waals surface area contributed by atoms with Crippen molar-refractivity contribution in [2.45, 2.75) is 17.7 Å². The monoisotopic (exact) mass is 290 g/mol. The predicted molar refractivity (Wildman–Crippen MR) is 64.5 cm³/mol. The average Bonchev–Trinajstić information content (AvgIpc) is 2.60. The van der Waals surface area contributed by atoms with Gasteiger partial charge in [-0.25, -0.2) is 0 Å². The van der Waals surface area contributed by atoms with Gasteiger partial charge in [-0.1, -0.05) is 27.5 Å². The molecule has 0 aromatic heterocycles. The lowest BCUT2D eigenvalue weighted by molar-refractivity contribution is 0.354. The summed E-state index contributed by atoms with van der Waals surface area (Å²) in [5.41, 5.74) is 2.40. The van der Waals surface area contributed by atoms with Crippen LogP contribution in [-0.4, -0.2) is 14.2 Å².